The van der Waals surface area contributed by atoms with E-state index in [4.69, 9.17) is 0 Å². The SMILES string of the molecule is Cc1cc2c(-c3ccccc3)c3c(-c4ccccc4)c4ccccc4c(-c4ccccc4)c3c(-c3ccccc3)c2cc1C. The summed E-state index contributed by atoms with van der Waals surface area (Å²) in [6.45, 7) is 4.48. The van der Waals surface area contributed by atoms with Gasteiger partial charge in [0, 0.05) is 0 Å². The maximum atomic E-state index is 2.42. The molecule has 0 unspecified atom stereocenters. The molecule has 0 aliphatic carbocycles. The van der Waals surface area contributed by atoms with Crippen molar-refractivity contribution in [3.8, 4) is 44.5 Å². The van der Waals surface area contributed by atoms with Gasteiger partial charge in [0.05, 0.1) is 0 Å². The largest absolute Gasteiger partial charge is 0.0622 e. The first kappa shape index (κ1) is 26.2. The monoisotopic (exact) mass is 560 g/mol. The van der Waals surface area contributed by atoms with Crippen molar-refractivity contribution in [3.63, 3.8) is 0 Å². The van der Waals surface area contributed by atoms with Gasteiger partial charge in [0.15, 0.2) is 0 Å². The summed E-state index contributed by atoms with van der Waals surface area (Å²) in [5.41, 5.74) is 12.7. The summed E-state index contributed by atoms with van der Waals surface area (Å²) in [4.78, 5) is 0. The van der Waals surface area contributed by atoms with E-state index < -0.39 is 0 Å². The van der Waals surface area contributed by atoms with Gasteiger partial charge in [-0.3, -0.25) is 0 Å². The van der Waals surface area contributed by atoms with Crippen molar-refractivity contribution in [2.24, 2.45) is 0 Å². The molecule has 0 N–H and O–H groups in total. The normalized spacial score (nSPS) is 11.4. The van der Waals surface area contributed by atoms with Gasteiger partial charge in [0.2, 0.25) is 0 Å². The van der Waals surface area contributed by atoms with Crippen LogP contribution in [0, 0.1) is 13.8 Å². The maximum absolute atomic E-state index is 2.42. The molecule has 0 aliphatic heterocycles. The van der Waals surface area contributed by atoms with Crippen molar-refractivity contribution in [2.75, 3.05) is 0 Å². The third kappa shape index (κ3) is 4.14. The topological polar surface area (TPSA) is 0 Å². The summed E-state index contributed by atoms with van der Waals surface area (Å²) in [7, 11) is 0. The van der Waals surface area contributed by atoms with Crippen LogP contribution in [0.25, 0.3) is 76.8 Å². The first-order valence-corrected chi connectivity index (χ1v) is 15.4. The van der Waals surface area contributed by atoms with E-state index >= 15 is 0 Å². The van der Waals surface area contributed by atoms with Crippen LogP contribution in [0.2, 0.25) is 0 Å². The van der Waals surface area contributed by atoms with E-state index in [9.17, 15) is 0 Å². The Morgan fingerprint density at radius 3 is 0.818 bits per heavy atom. The van der Waals surface area contributed by atoms with Crippen LogP contribution < -0.4 is 0 Å². The lowest BCUT2D eigenvalue weighted by Gasteiger charge is -2.25. The highest BCUT2D eigenvalue weighted by Crippen LogP contribution is 2.53. The van der Waals surface area contributed by atoms with Crippen molar-refractivity contribution < 1.29 is 0 Å². The van der Waals surface area contributed by atoms with Gasteiger partial charge in [0.25, 0.3) is 0 Å². The Labute approximate surface area is 258 Å². The van der Waals surface area contributed by atoms with Gasteiger partial charge in [-0.25, -0.2) is 0 Å². The van der Waals surface area contributed by atoms with E-state index in [1.807, 2.05) is 0 Å². The molecular weight excluding hydrogens is 528 g/mol. The van der Waals surface area contributed by atoms with Crippen LogP contribution in [-0.2, 0) is 0 Å². The summed E-state index contributed by atoms with van der Waals surface area (Å²) in [6.07, 6.45) is 0. The summed E-state index contributed by atoms with van der Waals surface area (Å²) in [6, 6.07) is 57.8. The lowest BCUT2D eigenvalue weighted by atomic mass is 9.77. The first-order chi connectivity index (χ1) is 21.7. The third-order valence-corrected chi connectivity index (χ3v) is 9.14. The molecule has 0 heteroatoms. The molecule has 0 aromatic heterocycles. The molecule has 0 amide bonds. The number of fused-ring (bicyclic) bond motifs is 3. The zero-order valence-corrected chi connectivity index (χ0v) is 25.0. The molecule has 44 heavy (non-hydrogen) atoms. The standard InChI is InChI=1S/C44H32/c1-29-27-37-38(28-30(29)2)42(34-23-13-6-14-24-34)44-40(32-19-9-4-10-20-32)36-26-16-15-25-35(36)39(31-17-7-3-8-18-31)43(44)41(37)33-21-11-5-12-22-33/h3-28H,1-2H3. The summed E-state index contributed by atoms with van der Waals surface area (Å²) in [5, 5.41) is 7.72. The zero-order chi connectivity index (χ0) is 29.6. The van der Waals surface area contributed by atoms with Crippen LogP contribution >= 0.6 is 0 Å². The molecule has 0 spiro atoms. The van der Waals surface area contributed by atoms with Crippen molar-refractivity contribution >= 4 is 32.3 Å². The smallest absolute Gasteiger partial charge is 0.000139 e. The number of hydrogen-bond acceptors (Lipinski definition) is 0. The summed E-state index contributed by atoms with van der Waals surface area (Å²) < 4.78 is 0. The van der Waals surface area contributed by atoms with Crippen LogP contribution in [-0.4, -0.2) is 0 Å². The Kier molecular flexibility index (Phi) is 6.35. The highest BCUT2D eigenvalue weighted by Gasteiger charge is 2.26. The second-order valence-corrected chi connectivity index (χ2v) is 11.7. The highest BCUT2D eigenvalue weighted by molar-refractivity contribution is 6.33. The molecule has 8 rings (SSSR count). The lowest BCUT2D eigenvalue weighted by Crippen LogP contribution is -1.98. The highest BCUT2D eigenvalue weighted by atomic mass is 14.3. The maximum Gasteiger partial charge on any atom is -0.000139 e. The van der Waals surface area contributed by atoms with Gasteiger partial charge >= 0.3 is 0 Å². The third-order valence-electron chi connectivity index (χ3n) is 9.14. The van der Waals surface area contributed by atoms with E-state index in [-0.39, 0.29) is 0 Å². The van der Waals surface area contributed by atoms with Crippen molar-refractivity contribution in [3.05, 3.63) is 169 Å². The van der Waals surface area contributed by atoms with Gasteiger partial charge in [-0.2, -0.15) is 0 Å². The van der Waals surface area contributed by atoms with Crippen LogP contribution in [0.15, 0.2) is 158 Å². The molecule has 0 saturated carbocycles. The van der Waals surface area contributed by atoms with E-state index in [2.05, 4.69) is 172 Å². The van der Waals surface area contributed by atoms with Crippen LogP contribution in [0.5, 0.6) is 0 Å². The Bertz CT molecular complexity index is 2130. The van der Waals surface area contributed by atoms with Crippen LogP contribution in [0.1, 0.15) is 11.1 Å². The molecule has 0 saturated heterocycles. The fourth-order valence-electron chi connectivity index (χ4n) is 7.06. The molecule has 0 fully saturated rings. The quantitative estimate of drug-likeness (QED) is 0.188. The Hall–Kier alpha value is -5.46. The minimum absolute atomic E-state index is 1.23. The van der Waals surface area contributed by atoms with E-state index in [0.717, 1.165) is 0 Å². The minimum Gasteiger partial charge on any atom is -0.0622 e. The summed E-state index contributed by atoms with van der Waals surface area (Å²) in [5.74, 6) is 0. The fraction of sp³-hybridized carbons (Fsp3) is 0.0455. The van der Waals surface area contributed by atoms with Gasteiger partial charge in [-0.05, 0) is 102 Å². The molecule has 8 aromatic rings. The van der Waals surface area contributed by atoms with Crippen molar-refractivity contribution in [1.29, 1.82) is 0 Å². The number of rotatable bonds is 4. The Morgan fingerprint density at radius 2 is 0.523 bits per heavy atom. The molecule has 0 radical (unpaired) electrons. The predicted octanol–water partition coefficient (Wildman–Crippen LogP) is 12.4. The molecule has 8 aromatic carbocycles. The number of hydrogen-bond donors (Lipinski definition) is 0. The average molecular weight is 561 g/mol. The first-order valence-electron chi connectivity index (χ1n) is 15.4. The van der Waals surface area contributed by atoms with E-state index in [0.29, 0.717) is 0 Å². The molecular formula is C44H32. The molecule has 0 aliphatic rings. The van der Waals surface area contributed by atoms with Gasteiger partial charge < -0.3 is 0 Å². The minimum atomic E-state index is 1.23. The Morgan fingerprint density at radius 1 is 0.273 bits per heavy atom. The summed E-state index contributed by atoms with van der Waals surface area (Å²) >= 11 is 0. The molecule has 208 valence electrons. The van der Waals surface area contributed by atoms with E-state index in [1.165, 1.54) is 88.0 Å². The van der Waals surface area contributed by atoms with Gasteiger partial charge in [0.1, 0.15) is 0 Å². The lowest BCUT2D eigenvalue weighted by molar-refractivity contribution is 1.37. The Balaban J connectivity index is 1.79. The second-order valence-electron chi connectivity index (χ2n) is 11.7. The van der Waals surface area contributed by atoms with Crippen LogP contribution in [0.3, 0.4) is 0 Å². The molecule has 0 heterocycles. The zero-order valence-electron chi connectivity index (χ0n) is 25.0. The van der Waals surface area contributed by atoms with Gasteiger partial charge in [-0.15, -0.1) is 0 Å². The van der Waals surface area contributed by atoms with E-state index in [1.54, 1.807) is 0 Å². The fourth-order valence-corrected chi connectivity index (χ4v) is 7.06. The van der Waals surface area contributed by atoms with Crippen molar-refractivity contribution in [2.45, 2.75) is 13.8 Å². The number of benzene rings is 8. The molecule has 0 bridgehead atoms. The molecule has 0 nitrogen and oxygen atoms in total. The average Bonchev–Trinajstić information content (AvgIpc) is 3.08. The van der Waals surface area contributed by atoms with Crippen LogP contribution in [0.4, 0.5) is 0 Å². The number of aryl methyl sites for hydroxylation is 2. The predicted molar refractivity (Wildman–Crippen MR) is 190 cm³/mol. The van der Waals surface area contributed by atoms with Crippen molar-refractivity contribution in [1.82, 2.24) is 0 Å². The van der Waals surface area contributed by atoms with Gasteiger partial charge in [-0.1, -0.05) is 158 Å². The molecule has 0 atom stereocenters. The second kappa shape index (κ2) is 10.7.